The Kier molecular flexibility index (Phi) is 4.16. The number of likely N-dealkylation sites (tertiary alicyclic amines) is 1. The summed E-state index contributed by atoms with van der Waals surface area (Å²) < 4.78 is 5.10. The summed E-state index contributed by atoms with van der Waals surface area (Å²) in [5.41, 5.74) is 0.158. The summed E-state index contributed by atoms with van der Waals surface area (Å²) in [5.74, 6) is -1.44. The molecule has 110 valence electrons. The third-order valence-corrected chi connectivity index (χ3v) is 3.95. The Hall–Kier alpha value is -1.78. The van der Waals surface area contributed by atoms with E-state index in [0.717, 1.165) is 25.7 Å². The van der Waals surface area contributed by atoms with Crippen LogP contribution in [0, 0.1) is 5.41 Å². The maximum Gasteiger partial charge on any atom is 0.371 e. The Balaban J connectivity index is 2.10. The summed E-state index contributed by atoms with van der Waals surface area (Å²) in [6, 6.07) is 2.77. The molecule has 1 aliphatic rings. The number of hydrogen-bond acceptors (Lipinski definition) is 3. The SMILES string of the molecule is CCCC1(C)CCCN(C(=O)c2ccc(C(=O)O)o2)C1. The smallest absolute Gasteiger partial charge is 0.371 e. The summed E-state index contributed by atoms with van der Waals surface area (Å²) in [4.78, 5) is 24.9. The van der Waals surface area contributed by atoms with Gasteiger partial charge in [-0.2, -0.15) is 0 Å². The predicted molar refractivity (Wildman–Crippen MR) is 73.8 cm³/mol. The van der Waals surface area contributed by atoms with Crippen molar-refractivity contribution < 1.29 is 19.1 Å². The lowest BCUT2D eigenvalue weighted by Crippen LogP contribution is -2.44. The second kappa shape index (κ2) is 5.69. The van der Waals surface area contributed by atoms with Gasteiger partial charge in [-0.15, -0.1) is 0 Å². The molecule has 2 rings (SSSR count). The zero-order valence-electron chi connectivity index (χ0n) is 12.0. The molecule has 0 bridgehead atoms. The average Bonchev–Trinajstić information content (AvgIpc) is 2.87. The zero-order chi connectivity index (χ0) is 14.8. The molecule has 5 heteroatoms. The van der Waals surface area contributed by atoms with Gasteiger partial charge >= 0.3 is 5.97 Å². The van der Waals surface area contributed by atoms with Crippen LogP contribution in [0.15, 0.2) is 16.5 Å². The van der Waals surface area contributed by atoms with Crippen LogP contribution in [0.3, 0.4) is 0 Å². The minimum absolute atomic E-state index is 0.114. The number of rotatable bonds is 4. The molecule has 1 amide bonds. The highest BCUT2D eigenvalue weighted by Crippen LogP contribution is 2.34. The van der Waals surface area contributed by atoms with Crippen LogP contribution in [0.2, 0.25) is 0 Å². The van der Waals surface area contributed by atoms with Gasteiger partial charge in [0.05, 0.1) is 0 Å². The minimum Gasteiger partial charge on any atom is -0.475 e. The fraction of sp³-hybridized carbons (Fsp3) is 0.600. The van der Waals surface area contributed by atoms with E-state index in [0.29, 0.717) is 13.1 Å². The van der Waals surface area contributed by atoms with Crippen LogP contribution in [0.1, 0.15) is 60.6 Å². The van der Waals surface area contributed by atoms with Gasteiger partial charge in [0.2, 0.25) is 5.76 Å². The van der Waals surface area contributed by atoms with Crippen LogP contribution in [0.25, 0.3) is 0 Å². The molecule has 1 fully saturated rings. The van der Waals surface area contributed by atoms with E-state index < -0.39 is 5.97 Å². The number of piperidine rings is 1. The van der Waals surface area contributed by atoms with E-state index >= 15 is 0 Å². The number of carbonyl (C=O) groups excluding carboxylic acids is 1. The van der Waals surface area contributed by atoms with E-state index in [4.69, 9.17) is 9.52 Å². The summed E-state index contributed by atoms with van der Waals surface area (Å²) in [7, 11) is 0. The molecule has 0 aromatic carbocycles. The molecule has 1 saturated heterocycles. The molecule has 1 N–H and O–H groups in total. The molecule has 0 radical (unpaired) electrons. The monoisotopic (exact) mass is 279 g/mol. The van der Waals surface area contributed by atoms with Gasteiger partial charge in [0.25, 0.3) is 5.91 Å². The van der Waals surface area contributed by atoms with Crippen molar-refractivity contribution in [1.82, 2.24) is 4.90 Å². The number of furan rings is 1. The molecule has 0 aliphatic carbocycles. The normalized spacial score (nSPS) is 22.8. The second-order valence-corrected chi connectivity index (χ2v) is 5.86. The first-order chi connectivity index (χ1) is 9.45. The Bertz CT molecular complexity index is 504. The standard InChI is InChI=1S/C15H21NO4/c1-3-7-15(2)8-4-9-16(10-15)13(17)11-5-6-12(20-11)14(18)19/h5-6H,3-4,7-10H2,1-2H3,(H,18,19). The van der Waals surface area contributed by atoms with Crippen LogP contribution in [-0.4, -0.2) is 35.0 Å². The minimum atomic E-state index is -1.15. The third-order valence-electron chi connectivity index (χ3n) is 3.95. The molecule has 0 spiro atoms. The third kappa shape index (κ3) is 3.03. The van der Waals surface area contributed by atoms with Crippen molar-refractivity contribution in [3.8, 4) is 0 Å². The van der Waals surface area contributed by atoms with Crippen molar-refractivity contribution in [2.45, 2.75) is 39.5 Å². The van der Waals surface area contributed by atoms with Gasteiger partial charge in [-0.25, -0.2) is 4.79 Å². The summed E-state index contributed by atoms with van der Waals surface area (Å²) >= 11 is 0. The molecular weight excluding hydrogens is 258 g/mol. The number of carboxylic acid groups (broad SMARTS) is 1. The van der Waals surface area contributed by atoms with Crippen LogP contribution < -0.4 is 0 Å². The van der Waals surface area contributed by atoms with Crippen molar-refractivity contribution >= 4 is 11.9 Å². The van der Waals surface area contributed by atoms with Crippen LogP contribution in [-0.2, 0) is 0 Å². The molecule has 0 saturated carbocycles. The Morgan fingerprint density at radius 1 is 1.40 bits per heavy atom. The van der Waals surface area contributed by atoms with E-state index in [-0.39, 0.29) is 22.8 Å². The Labute approximate surface area is 118 Å². The maximum absolute atomic E-state index is 12.4. The molecule has 1 aromatic heterocycles. The van der Waals surface area contributed by atoms with Gasteiger partial charge < -0.3 is 14.4 Å². The van der Waals surface area contributed by atoms with Crippen molar-refractivity contribution in [1.29, 1.82) is 0 Å². The maximum atomic E-state index is 12.4. The molecule has 20 heavy (non-hydrogen) atoms. The van der Waals surface area contributed by atoms with E-state index in [1.165, 1.54) is 12.1 Å². The van der Waals surface area contributed by atoms with Gasteiger partial charge in [-0.3, -0.25) is 4.79 Å². The van der Waals surface area contributed by atoms with E-state index in [9.17, 15) is 9.59 Å². The van der Waals surface area contributed by atoms with E-state index in [1.54, 1.807) is 4.90 Å². The summed E-state index contributed by atoms with van der Waals surface area (Å²) in [6.07, 6.45) is 4.30. The Morgan fingerprint density at radius 3 is 2.70 bits per heavy atom. The van der Waals surface area contributed by atoms with Gasteiger partial charge in [-0.05, 0) is 36.8 Å². The highest BCUT2D eigenvalue weighted by atomic mass is 16.4. The molecule has 1 unspecified atom stereocenters. The zero-order valence-corrected chi connectivity index (χ0v) is 12.0. The lowest BCUT2D eigenvalue weighted by Gasteiger charge is -2.40. The highest BCUT2D eigenvalue weighted by molar-refractivity contribution is 5.93. The first-order valence-electron chi connectivity index (χ1n) is 7.07. The summed E-state index contributed by atoms with van der Waals surface area (Å²) in [6.45, 7) is 5.78. The first-order valence-corrected chi connectivity index (χ1v) is 7.07. The van der Waals surface area contributed by atoms with Crippen molar-refractivity contribution in [3.63, 3.8) is 0 Å². The number of amides is 1. The topological polar surface area (TPSA) is 70.8 Å². The van der Waals surface area contributed by atoms with Crippen LogP contribution in [0.4, 0.5) is 0 Å². The lowest BCUT2D eigenvalue weighted by atomic mass is 9.78. The van der Waals surface area contributed by atoms with Crippen molar-refractivity contribution in [2.24, 2.45) is 5.41 Å². The molecule has 1 aliphatic heterocycles. The largest absolute Gasteiger partial charge is 0.475 e. The van der Waals surface area contributed by atoms with Crippen LogP contribution in [0.5, 0.6) is 0 Å². The summed E-state index contributed by atoms with van der Waals surface area (Å²) in [5, 5.41) is 8.82. The van der Waals surface area contributed by atoms with Gasteiger partial charge in [0, 0.05) is 13.1 Å². The molecular formula is C15H21NO4. The first kappa shape index (κ1) is 14.6. The van der Waals surface area contributed by atoms with Gasteiger partial charge in [0.1, 0.15) is 0 Å². The second-order valence-electron chi connectivity index (χ2n) is 5.86. The van der Waals surface area contributed by atoms with E-state index in [1.807, 2.05) is 0 Å². The van der Waals surface area contributed by atoms with Gasteiger partial charge in [0.15, 0.2) is 5.76 Å². The number of hydrogen-bond donors (Lipinski definition) is 1. The van der Waals surface area contributed by atoms with E-state index in [2.05, 4.69) is 13.8 Å². The highest BCUT2D eigenvalue weighted by Gasteiger charge is 2.33. The average molecular weight is 279 g/mol. The predicted octanol–water partition coefficient (Wildman–Crippen LogP) is 3.02. The molecule has 1 atom stereocenters. The number of carbonyl (C=O) groups is 2. The fourth-order valence-electron chi connectivity index (χ4n) is 3.02. The van der Waals surface area contributed by atoms with Crippen LogP contribution >= 0.6 is 0 Å². The number of nitrogens with zero attached hydrogens (tertiary/aromatic N) is 1. The van der Waals surface area contributed by atoms with Gasteiger partial charge in [-0.1, -0.05) is 20.3 Å². The van der Waals surface area contributed by atoms with Crippen molar-refractivity contribution in [2.75, 3.05) is 13.1 Å². The van der Waals surface area contributed by atoms with Crippen molar-refractivity contribution in [3.05, 3.63) is 23.7 Å². The molecule has 5 nitrogen and oxygen atoms in total. The number of aromatic carboxylic acids is 1. The Morgan fingerprint density at radius 2 is 2.10 bits per heavy atom. The lowest BCUT2D eigenvalue weighted by molar-refractivity contribution is 0.0495. The molecule has 1 aromatic rings. The number of carboxylic acids is 1. The fourth-order valence-corrected chi connectivity index (χ4v) is 3.02. The molecule has 2 heterocycles. The quantitative estimate of drug-likeness (QED) is 0.919.